The van der Waals surface area contributed by atoms with Crippen molar-refractivity contribution in [3.05, 3.63) is 34.6 Å². The molecule has 80 valence electrons. The Bertz CT molecular complexity index is 387. The average molecular weight is 230 g/mol. The van der Waals surface area contributed by atoms with E-state index in [0.29, 0.717) is 17.1 Å². The Labute approximate surface area is 91.2 Å². The van der Waals surface area contributed by atoms with Crippen molar-refractivity contribution in [2.24, 2.45) is 0 Å². The molecule has 1 aromatic rings. The van der Waals surface area contributed by atoms with Gasteiger partial charge >= 0.3 is 0 Å². The van der Waals surface area contributed by atoms with Crippen LogP contribution in [0.5, 0.6) is 0 Å². The maximum atomic E-state index is 13.0. The van der Waals surface area contributed by atoms with Crippen LogP contribution in [0.25, 0.3) is 0 Å². The fourth-order valence-electron chi connectivity index (χ4n) is 1.45. The van der Waals surface area contributed by atoms with Gasteiger partial charge in [0.2, 0.25) is 5.91 Å². The standard InChI is InChI=1S/C10H9ClFNO2/c11-8-2-1-6(12)3-7(8)9-4-13-10(14)5-15-9/h1-3,9H,4-5H2,(H,13,14)/t9-/m1/s1. The van der Waals surface area contributed by atoms with E-state index in [1.54, 1.807) is 0 Å². The van der Waals surface area contributed by atoms with E-state index in [-0.39, 0.29) is 24.4 Å². The van der Waals surface area contributed by atoms with Crippen molar-refractivity contribution >= 4 is 17.5 Å². The van der Waals surface area contributed by atoms with E-state index in [4.69, 9.17) is 16.3 Å². The van der Waals surface area contributed by atoms with Gasteiger partial charge in [-0.1, -0.05) is 11.6 Å². The first-order chi connectivity index (χ1) is 7.16. The van der Waals surface area contributed by atoms with E-state index in [1.165, 1.54) is 18.2 Å². The fraction of sp³-hybridized carbons (Fsp3) is 0.300. The lowest BCUT2D eigenvalue weighted by Gasteiger charge is -2.24. The molecule has 0 unspecified atom stereocenters. The van der Waals surface area contributed by atoms with Gasteiger partial charge in [-0.05, 0) is 18.2 Å². The van der Waals surface area contributed by atoms with E-state index in [9.17, 15) is 9.18 Å². The maximum absolute atomic E-state index is 13.0. The molecule has 1 aromatic carbocycles. The molecule has 2 rings (SSSR count). The number of carbonyl (C=O) groups is 1. The van der Waals surface area contributed by atoms with Crippen molar-refractivity contribution in [2.45, 2.75) is 6.10 Å². The molecular formula is C10H9ClFNO2. The zero-order valence-corrected chi connectivity index (χ0v) is 8.55. The van der Waals surface area contributed by atoms with E-state index in [0.717, 1.165) is 0 Å². The molecule has 1 heterocycles. The van der Waals surface area contributed by atoms with E-state index >= 15 is 0 Å². The van der Waals surface area contributed by atoms with Gasteiger partial charge in [-0.2, -0.15) is 0 Å². The van der Waals surface area contributed by atoms with Crippen LogP contribution in [0.4, 0.5) is 4.39 Å². The van der Waals surface area contributed by atoms with Gasteiger partial charge in [0.05, 0.1) is 0 Å². The highest BCUT2D eigenvalue weighted by Gasteiger charge is 2.22. The van der Waals surface area contributed by atoms with Crippen LogP contribution in [0, 0.1) is 5.82 Å². The number of carbonyl (C=O) groups excluding carboxylic acids is 1. The summed E-state index contributed by atoms with van der Waals surface area (Å²) >= 11 is 5.91. The summed E-state index contributed by atoms with van der Waals surface area (Å²) in [5.74, 6) is -0.534. The van der Waals surface area contributed by atoms with Crippen LogP contribution in [0.15, 0.2) is 18.2 Å². The molecule has 0 spiro atoms. The van der Waals surface area contributed by atoms with Gasteiger partial charge in [0, 0.05) is 17.1 Å². The van der Waals surface area contributed by atoms with Crippen LogP contribution in [0.2, 0.25) is 5.02 Å². The minimum Gasteiger partial charge on any atom is -0.362 e. The Kier molecular flexibility index (Phi) is 2.88. The van der Waals surface area contributed by atoms with Crippen molar-refractivity contribution in [1.82, 2.24) is 5.32 Å². The highest BCUT2D eigenvalue weighted by molar-refractivity contribution is 6.31. The highest BCUT2D eigenvalue weighted by Crippen LogP contribution is 2.27. The van der Waals surface area contributed by atoms with Crippen LogP contribution in [0.1, 0.15) is 11.7 Å². The second-order valence-corrected chi connectivity index (χ2v) is 3.68. The van der Waals surface area contributed by atoms with E-state index in [2.05, 4.69) is 5.32 Å². The summed E-state index contributed by atoms with van der Waals surface area (Å²) in [6.45, 7) is 0.305. The maximum Gasteiger partial charge on any atom is 0.246 e. The first kappa shape index (κ1) is 10.4. The van der Waals surface area contributed by atoms with Crippen LogP contribution in [-0.4, -0.2) is 19.1 Å². The second kappa shape index (κ2) is 4.16. The third-order valence-electron chi connectivity index (χ3n) is 2.21. The molecule has 1 fully saturated rings. The lowest BCUT2D eigenvalue weighted by molar-refractivity contribution is -0.133. The van der Waals surface area contributed by atoms with Gasteiger partial charge in [-0.25, -0.2) is 4.39 Å². The monoisotopic (exact) mass is 229 g/mol. The molecule has 1 saturated heterocycles. The predicted octanol–water partition coefficient (Wildman–Crippen LogP) is 1.67. The number of rotatable bonds is 1. The molecule has 3 nitrogen and oxygen atoms in total. The van der Waals surface area contributed by atoms with Crippen molar-refractivity contribution in [1.29, 1.82) is 0 Å². The van der Waals surface area contributed by atoms with Crippen molar-refractivity contribution < 1.29 is 13.9 Å². The van der Waals surface area contributed by atoms with Gasteiger partial charge in [0.1, 0.15) is 18.5 Å². The summed E-state index contributed by atoms with van der Waals surface area (Å²) in [5.41, 5.74) is 0.566. The number of nitrogens with one attached hydrogen (secondary N) is 1. The lowest BCUT2D eigenvalue weighted by Crippen LogP contribution is -2.38. The molecule has 15 heavy (non-hydrogen) atoms. The van der Waals surface area contributed by atoms with Gasteiger partial charge < -0.3 is 10.1 Å². The summed E-state index contributed by atoms with van der Waals surface area (Å²) in [6.07, 6.45) is -0.370. The highest BCUT2D eigenvalue weighted by atomic mass is 35.5. The predicted molar refractivity (Wildman–Crippen MR) is 53.1 cm³/mol. The molecular weight excluding hydrogens is 221 g/mol. The summed E-state index contributed by atoms with van der Waals surface area (Å²) in [7, 11) is 0. The Morgan fingerprint density at radius 2 is 2.33 bits per heavy atom. The van der Waals surface area contributed by atoms with Crippen LogP contribution < -0.4 is 5.32 Å². The zero-order valence-electron chi connectivity index (χ0n) is 7.80. The van der Waals surface area contributed by atoms with E-state index < -0.39 is 0 Å². The molecule has 1 atom stereocenters. The molecule has 0 radical (unpaired) electrons. The largest absolute Gasteiger partial charge is 0.362 e. The quantitative estimate of drug-likeness (QED) is 0.796. The molecule has 1 aliphatic rings. The number of amides is 1. The summed E-state index contributed by atoms with van der Waals surface area (Å²) in [5, 5.41) is 3.07. The van der Waals surface area contributed by atoms with Crippen LogP contribution >= 0.6 is 11.6 Å². The molecule has 1 amide bonds. The van der Waals surface area contributed by atoms with Gasteiger partial charge in [0.15, 0.2) is 0 Å². The average Bonchev–Trinajstić information content (AvgIpc) is 2.23. The number of ether oxygens (including phenoxy) is 1. The fourth-order valence-corrected chi connectivity index (χ4v) is 1.69. The normalized spacial score (nSPS) is 21.2. The molecule has 1 aliphatic heterocycles. The Morgan fingerprint density at radius 3 is 3.00 bits per heavy atom. The molecule has 0 saturated carbocycles. The smallest absolute Gasteiger partial charge is 0.246 e. The zero-order chi connectivity index (χ0) is 10.8. The number of hydrogen-bond acceptors (Lipinski definition) is 2. The SMILES string of the molecule is O=C1CO[C@@H](c2cc(F)ccc2Cl)CN1. The number of benzene rings is 1. The molecule has 0 aliphatic carbocycles. The summed E-state index contributed by atoms with van der Waals surface area (Å²) in [4.78, 5) is 10.8. The lowest BCUT2D eigenvalue weighted by atomic mass is 10.1. The van der Waals surface area contributed by atoms with Gasteiger partial charge in [-0.15, -0.1) is 0 Å². The molecule has 0 bridgehead atoms. The summed E-state index contributed by atoms with van der Waals surface area (Å²) < 4.78 is 18.2. The van der Waals surface area contributed by atoms with Crippen molar-refractivity contribution in [2.75, 3.05) is 13.2 Å². The minimum absolute atomic E-state index is 0.0164. The van der Waals surface area contributed by atoms with Crippen LogP contribution in [-0.2, 0) is 9.53 Å². The third-order valence-corrected chi connectivity index (χ3v) is 2.55. The number of hydrogen-bond donors (Lipinski definition) is 1. The van der Waals surface area contributed by atoms with Crippen LogP contribution in [0.3, 0.4) is 0 Å². The molecule has 0 aromatic heterocycles. The van der Waals surface area contributed by atoms with Crippen molar-refractivity contribution in [3.8, 4) is 0 Å². The Balaban J connectivity index is 2.21. The second-order valence-electron chi connectivity index (χ2n) is 3.27. The first-order valence-corrected chi connectivity index (χ1v) is 4.88. The Morgan fingerprint density at radius 1 is 1.53 bits per heavy atom. The van der Waals surface area contributed by atoms with E-state index in [1.807, 2.05) is 0 Å². The number of halogens is 2. The topological polar surface area (TPSA) is 38.3 Å². The molecule has 5 heteroatoms. The third kappa shape index (κ3) is 2.27. The van der Waals surface area contributed by atoms with Gasteiger partial charge in [-0.3, -0.25) is 4.79 Å². The molecule has 1 N–H and O–H groups in total. The first-order valence-electron chi connectivity index (χ1n) is 4.50. The van der Waals surface area contributed by atoms with Gasteiger partial charge in [0.25, 0.3) is 0 Å². The summed E-state index contributed by atoms with van der Waals surface area (Å²) in [6, 6.07) is 4.09. The number of morpholine rings is 1. The Hall–Kier alpha value is -1.13. The van der Waals surface area contributed by atoms with Crippen molar-refractivity contribution in [3.63, 3.8) is 0 Å². The minimum atomic E-state index is -0.370.